The highest BCUT2D eigenvalue weighted by molar-refractivity contribution is 5.95. The highest BCUT2D eigenvalue weighted by Crippen LogP contribution is 2.15. The van der Waals surface area contributed by atoms with Crippen LogP contribution in [0.2, 0.25) is 0 Å². The van der Waals surface area contributed by atoms with Crippen molar-refractivity contribution >= 4 is 5.91 Å². The van der Waals surface area contributed by atoms with Gasteiger partial charge in [0.2, 0.25) is 0 Å². The number of hydrogen-bond donors (Lipinski definition) is 1. The molecule has 0 spiro atoms. The topological polar surface area (TPSA) is 46.3 Å². The van der Waals surface area contributed by atoms with Crippen LogP contribution in [0.25, 0.3) is 0 Å². The molecule has 1 rings (SSSR count). The Balaban J connectivity index is 2.90. The van der Waals surface area contributed by atoms with Crippen molar-refractivity contribution in [2.75, 3.05) is 19.6 Å². The summed E-state index contributed by atoms with van der Waals surface area (Å²) in [6.07, 6.45) is 0.852. The van der Waals surface area contributed by atoms with Crippen molar-refractivity contribution in [2.45, 2.75) is 27.2 Å². The molecular formula is C14H22N2O. The Morgan fingerprint density at radius 1 is 1.35 bits per heavy atom. The Bertz CT molecular complexity index is 388. The normalized spacial score (nSPS) is 10.4. The van der Waals surface area contributed by atoms with Crippen LogP contribution in [-0.4, -0.2) is 30.4 Å². The number of hydrogen-bond acceptors (Lipinski definition) is 2. The average Bonchev–Trinajstić information content (AvgIpc) is 2.33. The molecule has 2 N–H and O–H groups in total. The zero-order valence-corrected chi connectivity index (χ0v) is 11.0. The Hall–Kier alpha value is -1.35. The molecule has 0 aliphatic carbocycles. The maximum Gasteiger partial charge on any atom is 0.254 e. The fourth-order valence-electron chi connectivity index (χ4n) is 1.84. The Morgan fingerprint density at radius 2 is 2.06 bits per heavy atom. The van der Waals surface area contributed by atoms with Gasteiger partial charge >= 0.3 is 0 Å². The van der Waals surface area contributed by atoms with Gasteiger partial charge < -0.3 is 10.6 Å². The van der Waals surface area contributed by atoms with Gasteiger partial charge in [0.25, 0.3) is 5.91 Å². The van der Waals surface area contributed by atoms with Crippen molar-refractivity contribution in [3.8, 4) is 0 Å². The molecule has 0 saturated heterocycles. The summed E-state index contributed by atoms with van der Waals surface area (Å²) >= 11 is 0. The molecule has 3 heteroatoms. The lowest BCUT2D eigenvalue weighted by Crippen LogP contribution is -2.33. The predicted molar refractivity (Wildman–Crippen MR) is 71.2 cm³/mol. The van der Waals surface area contributed by atoms with Crippen molar-refractivity contribution < 1.29 is 4.79 Å². The van der Waals surface area contributed by atoms with Crippen molar-refractivity contribution in [1.29, 1.82) is 0 Å². The van der Waals surface area contributed by atoms with Crippen molar-refractivity contribution in [3.05, 3.63) is 34.9 Å². The third-order valence-corrected chi connectivity index (χ3v) is 3.14. The average molecular weight is 234 g/mol. The van der Waals surface area contributed by atoms with Crippen molar-refractivity contribution in [1.82, 2.24) is 4.90 Å². The Morgan fingerprint density at radius 3 is 2.65 bits per heavy atom. The van der Waals surface area contributed by atoms with Gasteiger partial charge in [0, 0.05) is 18.7 Å². The van der Waals surface area contributed by atoms with E-state index in [1.807, 2.05) is 43.9 Å². The zero-order chi connectivity index (χ0) is 12.8. The Kier molecular flexibility index (Phi) is 5.16. The van der Waals surface area contributed by atoms with Crippen LogP contribution < -0.4 is 5.73 Å². The summed E-state index contributed by atoms with van der Waals surface area (Å²) in [4.78, 5) is 14.2. The van der Waals surface area contributed by atoms with Crippen LogP contribution in [0.1, 0.15) is 34.8 Å². The van der Waals surface area contributed by atoms with Gasteiger partial charge in [-0.25, -0.2) is 0 Å². The van der Waals surface area contributed by atoms with Gasteiger partial charge in [-0.3, -0.25) is 4.79 Å². The lowest BCUT2D eigenvalue weighted by molar-refractivity contribution is 0.0763. The molecule has 0 radical (unpaired) electrons. The molecule has 0 unspecified atom stereocenters. The van der Waals surface area contributed by atoms with Gasteiger partial charge in [-0.2, -0.15) is 0 Å². The second-order valence-corrected chi connectivity index (χ2v) is 4.27. The first-order valence-corrected chi connectivity index (χ1v) is 6.17. The van der Waals surface area contributed by atoms with E-state index in [4.69, 9.17) is 5.73 Å². The molecule has 0 atom stereocenters. The minimum absolute atomic E-state index is 0.113. The van der Waals surface area contributed by atoms with Gasteiger partial charge in [-0.15, -0.1) is 0 Å². The van der Waals surface area contributed by atoms with E-state index in [1.54, 1.807) is 0 Å². The lowest BCUT2D eigenvalue weighted by atomic mass is 10.0. The summed E-state index contributed by atoms with van der Waals surface area (Å²) in [5.41, 5.74) is 8.53. The van der Waals surface area contributed by atoms with Gasteiger partial charge in [-0.1, -0.05) is 12.1 Å². The van der Waals surface area contributed by atoms with Gasteiger partial charge in [0.1, 0.15) is 0 Å². The van der Waals surface area contributed by atoms with Crippen LogP contribution in [-0.2, 0) is 0 Å². The molecule has 1 amide bonds. The van der Waals surface area contributed by atoms with Gasteiger partial charge in [-0.05, 0) is 50.9 Å². The molecule has 1 aromatic rings. The minimum atomic E-state index is 0.113. The van der Waals surface area contributed by atoms with Crippen LogP contribution in [0, 0.1) is 13.8 Å². The van der Waals surface area contributed by atoms with E-state index in [9.17, 15) is 4.79 Å². The number of carbonyl (C=O) groups excluding carboxylic acids is 1. The number of amides is 1. The SMILES string of the molecule is CCN(CCCN)C(=O)c1cccc(C)c1C. The molecule has 0 bridgehead atoms. The van der Waals surface area contributed by atoms with Crippen LogP contribution in [0.5, 0.6) is 0 Å². The number of nitrogens with zero attached hydrogens (tertiary/aromatic N) is 1. The highest BCUT2D eigenvalue weighted by Gasteiger charge is 2.16. The fraction of sp³-hybridized carbons (Fsp3) is 0.500. The van der Waals surface area contributed by atoms with Crippen molar-refractivity contribution in [3.63, 3.8) is 0 Å². The maximum atomic E-state index is 12.3. The molecule has 0 aliphatic rings. The summed E-state index contributed by atoms with van der Waals surface area (Å²) < 4.78 is 0. The van der Waals surface area contributed by atoms with Gasteiger partial charge in [0.15, 0.2) is 0 Å². The summed E-state index contributed by atoms with van der Waals surface area (Å²) in [6.45, 7) is 8.11. The van der Waals surface area contributed by atoms with E-state index in [2.05, 4.69) is 0 Å². The van der Waals surface area contributed by atoms with Crippen LogP contribution in [0.4, 0.5) is 0 Å². The largest absolute Gasteiger partial charge is 0.339 e. The minimum Gasteiger partial charge on any atom is -0.339 e. The quantitative estimate of drug-likeness (QED) is 0.848. The summed E-state index contributed by atoms with van der Waals surface area (Å²) in [6, 6.07) is 5.87. The number of benzene rings is 1. The van der Waals surface area contributed by atoms with E-state index in [0.29, 0.717) is 6.54 Å². The fourth-order valence-corrected chi connectivity index (χ4v) is 1.84. The van der Waals surface area contributed by atoms with E-state index >= 15 is 0 Å². The summed E-state index contributed by atoms with van der Waals surface area (Å²) in [7, 11) is 0. The smallest absolute Gasteiger partial charge is 0.254 e. The standard InChI is InChI=1S/C14H22N2O/c1-4-16(10-6-9-15)14(17)13-8-5-7-11(2)12(13)3/h5,7-8H,4,6,9-10,15H2,1-3H3. The van der Waals surface area contributed by atoms with Crippen molar-refractivity contribution in [2.24, 2.45) is 5.73 Å². The molecular weight excluding hydrogens is 212 g/mol. The second kappa shape index (κ2) is 6.40. The first-order chi connectivity index (χ1) is 8.11. The first-order valence-electron chi connectivity index (χ1n) is 6.17. The Labute approximate surface area is 104 Å². The molecule has 17 heavy (non-hydrogen) atoms. The van der Waals surface area contributed by atoms with E-state index in [1.165, 1.54) is 0 Å². The van der Waals surface area contributed by atoms with E-state index in [-0.39, 0.29) is 5.91 Å². The summed E-state index contributed by atoms with van der Waals surface area (Å²) in [5, 5.41) is 0. The summed E-state index contributed by atoms with van der Waals surface area (Å²) in [5.74, 6) is 0.113. The molecule has 94 valence electrons. The number of carbonyl (C=O) groups is 1. The van der Waals surface area contributed by atoms with E-state index in [0.717, 1.165) is 36.2 Å². The molecule has 0 fully saturated rings. The molecule has 0 saturated carbocycles. The second-order valence-electron chi connectivity index (χ2n) is 4.27. The van der Waals surface area contributed by atoms with E-state index < -0.39 is 0 Å². The molecule has 1 aromatic carbocycles. The van der Waals surface area contributed by atoms with Crippen LogP contribution in [0.3, 0.4) is 0 Å². The van der Waals surface area contributed by atoms with Crippen LogP contribution >= 0.6 is 0 Å². The van der Waals surface area contributed by atoms with Crippen LogP contribution in [0.15, 0.2) is 18.2 Å². The number of rotatable bonds is 5. The third kappa shape index (κ3) is 3.30. The molecule has 3 nitrogen and oxygen atoms in total. The number of aryl methyl sites for hydroxylation is 1. The predicted octanol–water partition coefficient (Wildman–Crippen LogP) is 2.11. The lowest BCUT2D eigenvalue weighted by Gasteiger charge is -2.22. The third-order valence-electron chi connectivity index (χ3n) is 3.14. The first kappa shape index (κ1) is 13.7. The molecule has 0 aromatic heterocycles. The number of nitrogens with two attached hydrogens (primary N) is 1. The molecule has 0 aliphatic heterocycles. The highest BCUT2D eigenvalue weighted by atomic mass is 16.2. The molecule has 0 heterocycles. The zero-order valence-electron chi connectivity index (χ0n) is 11.0. The monoisotopic (exact) mass is 234 g/mol. The van der Waals surface area contributed by atoms with Gasteiger partial charge in [0.05, 0.1) is 0 Å². The maximum absolute atomic E-state index is 12.3.